The minimum Gasteiger partial charge on any atom is -0.330 e. The van der Waals surface area contributed by atoms with E-state index in [0.717, 1.165) is 12.5 Å². The maximum absolute atomic E-state index is 5.60. The van der Waals surface area contributed by atoms with E-state index in [-0.39, 0.29) is 0 Å². The van der Waals surface area contributed by atoms with E-state index in [2.05, 4.69) is 5.32 Å². The number of nitrogens with one attached hydrogen (secondary N) is 1. The summed E-state index contributed by atoms with van der Waals surface area (Å²) in [4.78, 5) is 0. The quantitative estimate of drug-likeness (QED) is 0.688. The topological polar surface area (TPSA) is 38.0 Å². The highest BCUT2D eigenvalue weighted by Crippen LogP contribution is 2.19. The van der Waals surface area contributed by atoms with Crippen LogP contribution in [0.4, 0.5) is 0 Å². The van der Waals surface area contributed by atoms with Crippen molar-refractivity contribution in [3.05, 3.63) is 0 Å². The molecule has 0 amide bonds. The predicted molar refractivity (Wildman–Crippen MR) is 57.7 cm³/mol. The number of nitrogens with two attached hydrogens (primary N) is 1. The molecule has 0 aromatic rings. The second-order valence-electron chi connectivity index (χ2n) is 4.18. The van der Waals surface area contributed by atoms with E-state index in [1.807, 2.05) is 0 Å². The molecule has 0 aliphatic carbocycles. The van der Waals surface area contributed by atoms with E-state index < -0.39 is 0 Å². The van der Waals surface area contributed by atoms with Crippen molar-refractivity contribution in [3.63, 3.8) is 0 Å². The van der Waals surface area contributed by atoms with Gasteiger partial charge in [0.15, 0.2) is 0 Å². The Bertz CT molecular complexity index is 105. The van der Waals surface area contributed by atoms with Crippen LogP contribution in [0.3, 0.4) is 0 Å². The van der Waals surface area contributed by atoms with Gasteiger partial charge in [-0.2, -0.15) is 0 Å². The zero-order valence-corrected chi connectivity index (χ0v) is 8.73. The van der Waals surface area contributed by atoms with Gasteiger partial charge in [-0.1, -0.05) is 19.3 Å². The molecular formula is C11H24N2. The van der Waals surface area contributed by atoms with E-state index in [1.165, 1.54) is 58.0 Å². The van der Waals surface area contributed by atoms with Crippen LogP contribution in [0.25, 0.3) is 0 Å². The van der Waals surface area contributed by atoms with Crippen LogP contribution in [-0.4, -0.2) is 19.6 Å². The number of rotatable bonds is 2. The summed E-state index contributed by atoms with van der Waals surface area (Å²) in [6.07, 6.45) is 9.53. The zero-order chi connectivity index (χ0) is 9.36. The van der Waals surface area contributed by atoms with Gasteiger partial charge in [-0.3, -0.25) is 0 Å². The van der Waals surface area contributed by atoms with Gasteiger partial charge in [0, 0.05) is 0 Å². The minimum absolute atomic E-state index is 0.873. The van der Waals surface area contributed by atoms with E-state index in [0.29, 0.717) is 0 Å². The molecule has 2 heteroatoms. The van der Waals surface area contributed by atoms with Crippen molar-refractivity contribution < 1.29 is 0 Å². The smallest absolute Gasteiger partial charge is 0.00488 e. The van der Waals surface area contributed by atoms with E-state index in [1.54, 1.807) is 0 Å². The standard InChI is InChI=1S/C11H24N2/c12-8-7-11-5-2-1-3-9-13-10-4-6-11/h11,13H,1-10,12H2. The molecule has 0 aromatic heterocycles. The van der Waals surface area contributed by atoms with E-state index in [9.17, 15) is 0 Å². The summed E-state index contributed by atoms with van der Waals surface area (Å²) in [7, 11) is 0. The van der Waals surface area contributed by atoms with E-state index in [4.69, 9.17) is 5.73 Å². The molecule has 1 rings (SSSR count). The molecule has 3 N–H and O–H groups in total. The molecule has 0 radical (unpaired) electrons. The second-order valence-corrected chi connectivity index (χ2v) is 4.18. The van der Waals surface area contributed by atoms with E-state index >= 15 is 0 Å². The molecule has 0 aromatic carbocycles. The molecule has 0 spiro atoms. The molecule has 1 aliphatic heterocycles. The van der Waals surface area contributed by atoms with Gasteiger partial charge in [-0.25, -0.2) is 0 Å². The Morgan fingerprint density at radius 3 is 2.62 bits per heavy atom. The van der Waals surface area contributed by atoms with Gasteiger partial charge in [-0.05, 0) is 51.2 Å². The first-order valence-electron chi connectivity index (χ1n) is 5.84. The fraction of sp³-hybridized carbons (Fsp3) is 1.00. The zero-order valence-electron chi connectivity index (χ0n) is 8.73. The van der Waals surface area contributed by atoms with Gasteiger partial charge in [0.25, 0.3) is 0 Å². The Balaban J connectivity index is 2.18. The summed E-state index contributed by atoms with van der Waals surface area (Å²) >= 11 is 0. The van der Waals surface area contributed by atoms with Crippen LogP contribution in [-0.2, 0) is 0 Å². The molecular weight excluding hydrogens is 160 g/mol. The highest BCUT2D eigenvalue weighted by molar-refractivity contribution is 4.64. The molecule has 13 heavy (non-hydrogen) atoms. The Morgan fingerprint density at radius 2 is 1.77 bits per heavy atom. The molecule has 0 saturated carbocycles. The maximum Gasteiger partial charge on any atom is -0.00488 e. The van der Waals surface area contributed by atoms with Crippen molar-refractivity contribution in [2.45, 2.75) is 44.9 Å². The highest BCUT2D eigenvalue weighted by Gasteiger charge is 2.08. The number of hydrogen-bond acceptors (Lipinski definition) is 2. The first kappa shape index (κ1) is 11.0. The van der Waals surface area contributed by atoms with Gasteiger partial charge in [0.2, 0.25) is 0 Å². The third-order valence-corrected chi connectivity index (χ3v) is 3.01. The fourth-order valence-electron chi connectivity index (χ4n) is 2.17. The van der Waals surface area contributed by atoms with Crippen LogP contribution in [0.2, 0.25) is 0 Å². The Kier molecular flexibility index (Phi) is 6.21. The lowest BCUT2D eigenvalue weighted by Gasteiger charge is -2.17. The summed E-state index contributed by atoms with van der Waals surface area (Å²) in [6.45, 7) is 3.31. The molecule has 1 saturated heterocycles. The van der Waals surface area contributed by atoms with Gasteiger partial charge in [0.1, 0.15) is 0 Å². The largest absolute Gasteiger partial charge is 0.330 e. The fourth-order valence-corrected chi connectivity index (χ4v) is 2.17. The molecule has 1 unspecified atom stereocenters. The lowest BCUT2D eigenvalue weighted by atomic mass is 9.92. The van der Waals surface area contributed by atoms with Crippen LogP contribution in [0.15, 0.2) is 0 Å². The molecule has 1 heterocycles. The monoisotopic (exact) mass is 184 g/mol. The SMILES string of the molecule is NCCC1CCCCCNCCC1. The third-order valence-electron chi connectivity index (χ3n) is 3.01. The van der Waals surface area contributed by atoms with Crippen molar-refractivity contribution in [1.82, 2.24) is 5.32 Å². The van der Waals surface area contributed by atoms with Crippen molar-refractivity contribution in [2.24, 2.45) is 11.7 Å². The average Bonchev–Trinajstić information content (AvgIpc) is 2.16. The summed E-state index contributed by atoms with van der Waals surface area (Å²) in [6, 6.07) is 0. The van der Waals surface area contributed by atoms with Gasteiger partial charge in [0.05, 0.1) is 0 Å². The lowest BCUT2D eigenvalue weighted by Crippen LogP contribution is -2.19. The predicted octanol–water partition coefficient (Wildman–Crippen LogP) is 1.90. The van der Waals surface area contributed by atoms with Crippen molar-refractivity contribution >= 4 is 0 Å². The van der Waals surface area contributed by atoms with Gasteiger partial charge in [-0.15, -0.1) is 0 Å². The molecule has 1 fully saturated rings. The summed E-state index contributed by atoms with van der Waals surface area (Å²) < 4.78 is 0. The second kappa shape index (κ2) is 7.34. The Morgan fingerprint density at radius 1 is 1.00 bits per heavy atom. The van der Waals surface area contributed by atoms with Crippen LogP contribution in [0, 0.1) is 5.92 Å². The highest BCUT2D eigenvalue weighted by atomic mass is 14.8. The van der Waals surface area contributed by atoms with Crippen LogP contribution >= 0.6 is 0 Å². The molecule has 1 atom stereocenters. The normalized spacial score (nSPS) is 27.0. The maximum atomic E-state index is 5.60. The third kappa shape index (κ3) is 5.27. The van der Waals surface area contributed by atoms with Crippen LogP contribution in [0.5, 0.6) is 0 Å². The van der Waals surface area contributed by atoms with Crippen LogP contribution in [0.1, 0.15) is 44.9 Å². The Hall–Kier alpha value is -0.0800. The van der Waals surface area contributed by atoms with Gasteiger partial charge >= 0.3 is 0 Å². The van der Waals surface area contributed by atoms with Crippen LogP contribution < -0.4 is 11.1 Å². The first-order chi connectivity index (χ1) is 6.43. The van der Waals surface area contributed by atoms with Crippen molar-refractivity contribution in [1.29, 1.82) is 0 Å². The summed E-state index contributed by atoms with van der Waals surface area (Å²) in [5.41, 5.74) is 5.60. The minimum atomic E-state index is 0.873. The van der Waals surface area contributed by atoms with Gasteiger partial charge < -0.3 is 11.1 Å². The van der Waals surface area contributed by atoms with Crippen molar-refractivity contribution in [2.75, 3.05) is 19.6 Å². The molecule has 1 aliphatic rings. The Labute approximate surface area is 82.3 Å². The summed E-state index contributed by atoms with van der Waals surface area (Å²) in [5, 5.41) is 3.49. The lowest BCUT2D eigenvalue weighted by molar-refractivity contribution is 0.378. The molecule has 78 valence electrons. The molecule has 0 bridgehead atoms. The van der Waals surface area contributed by atoms with Crippen molar-refractivity contribution in [3.8, 4) is 0 Å². The molecule has 2 nitrogen and oxygen atoms in total. The number of hydrogen-bond donors (Lipinski definition) is 2. The first-order valence-corrected chi connectivity index (χ1v) is 5.84. The summed E-state index contributed by atoms with van der Waals surface area (Å²) in [5.74, 6) is 0.907. The average molecular weight is 184 g/mol.